The molecule has 0 aromatic heterocycles. The van der Waals surface area contributed by atoms with Gasteiger partial charge in [-0.3, -0.25) is 4.90 Å². The predicted octanol–water partition coefficient (Wildman–Crippen LogP) is 1.75. The molecule has 1 heterocycles. The van der Waals surface area contributed by atoms with E-state index < -0.39 is 10.0 Å². The van der Waals surface area contributed by atoms with E-state index in [1.807, 2.05) is 0 Å². The molecule has 1 atom stereocenters. The van der Waals surface area contributed by atoms with Gasteiger partial charge in [-0.25, -0.2) is 12.7 Å². The first-order chi connectivity index (χ1) is 8.55. The second-order valence-electron chi connectivity index (χ2n) is 4.73. The Morgan fingerprint density at radius 2 is 1.94 bits per heavy atom. The SMILES string of the molecule is CCN(CC)C1CCN(S(=O)(=O)CCCCCl)C1. The number of hydrogen-bond donors (Lipinski definition) is 0. The third-order valence-electron chi connectivity index (χ3n) is 3.63. The van der Waals surface area contributed by atoms with Gasteiger partial charge in [0.05, 0.1) is 5.75 Å². The maximum atomic E-state index is 12.1. The van der Waals surface area contributed by atoms with Crippen molar-refractivity contribution in [3.8, 4) is 0 Å². The van der Waals surface area contributed by atoms with Crippen molar-refractivity contribution in [2.75, 3.05) is 37.8 Å². The van der Waals surface area contributed by atoms with Crippen LogP contribution >= 0.6 is 11.6 Å². The lowest BCUT2D eigenvalue weighted by atomic mass is 10.2. The number of unbranched alkanes of at least 4 members (excludes halogenated alkanes) is 1. The fraction of sp³-hybridized carbons (Fsp3) is 1.00. The topological polar surface area (TPSA) is 40.6 Å². The predicted molar refractivity (Wildman–Crippen MR) is 76.6 cm³/mol. The summed E-state index contributed by atoms with van der Waals surface area (Å²) < 4.78 is 25.9. The molecule has 1 aliphatic rings. The number of halogens is 1. The molecule has 0 saturated carbocycles. The van der Waals surface area contributed by atoms with Gasteiger partial charge in [0.1, 0.15) is 0 Å². The van der Waals surface area contributed by atoms with Crippen LogP contribution in [0.1, 0.15) is 33.1 Å². The molecule has 0 aromatic rings. The van der Waals surface area contributed by atoms with Crippen LogP contribution in [0.4, 0.5) is 0 Å². The van der Waals surface area contributed by atoms with Crippen molar-refractivity contribution < 1.29 is 8.42 Å². The van der Waals surface area contributed by atoms with Gasteiger partial charge < -0.3 is 0 Å². The van der Waals surface area contributed by atoms with E-state index in [0.29, 0.717) is 31.4 Å². The third kappa shape index (κ3) is 4.37. The van der Waals surface area contributed by atoms with Crippen LogP contribution in [0.3, 0.4) is 0 Å². The highest BCUT2D eigenvalue weighted by atomic mass is 35.5. The molecule has 6 heteroatoms. The number of hydrogen-bond acceptors (Lipinski definition) is 3. The van der Waals surface area contributed by atoms with E-state index in [0.717, 1.165) is 25.9 Å². The molecule has 0 spiro atoms. The Morgan fingerprint density at radius 3 is 2.50 bits per heavy atom. The number of alkyl halides is 1. The Bertz CT molecular complexity index is 331. The Balaban J connectivity index is 2.49. The molecule has 1 fully saturated rings. The van der Waals surface area contributed by atoms with Crippen LogP contribution in [-0.4, -0.2) is 61.5 Å². The quantitative estimate of drug-likeness (QED) is 0.506. The number of likely N-dealkylation sites (N-methyl/N-ethyl adjacent to an activating group) is 1. The van der Waals surface area contributed by atoms with Crippen LogP contribution < -0.4 is 0 Å². The zero-order valence-corrected chi connectivity index (χ0v) is 13.0. The lowest BCUT2D eigenvalue weighted by Gasteiger charge is -2.26. The van der Waals surface area contributed by atoms with Gasteiger partial charge in [0.25, 0.3) is 0 Å². The molecule has 1 rings (SSSR count). The third-order valence-corrected chi connectivity index (χ3v) is 5.82. The molecule has 0 N–H and O–H groups in total. The van der Waals surface area contributed by atoms with Crippen LogP contribution in [0.5, 0.6) is 0 Å². The summed E-state index contributed by atoms with van der Waals surface area (Å²) in [5.41, 5.74) is 0. The molecule has 18 heavy (non-hydrogen) atoms. The maximum Gasteiger partial charge on any atom is 0.214 e. The summed E-state index contributed by atoms with van der Waals surface area (Å²) in [5, 5.41) is 0. The molecule has 108 valence electrons. The average Bonchev–Trinajstić information content (AvgIpc) is 2.81. The largest absolute Gasteiger partial charge is 0.300 e. The second kappa shape index (κ2) is 7.68. The highest BCUT2D eigenvalue weighted by Crippen LogP contribution is 2.19. The molecule has 4 nitrogen and oxygen atoms in total. The number of nitrogens with zero attached hydrogens (tertiary/aromatic N) is 2. The minimum atomic E-state index is -3.07. The van der Waals surface area contributed by atoms with Crippen LogP contribution in [0, 0.1) is 0 Å². The highest BCUT2D eigenvalue weighted by Gasteiger charge is 2.32. The van der Waals surface area contributed by atoms with Gasteiger partial charge in [0.15, 0.2) is 0 Å². The molecule has 0 bridgehead atoms. The van der Waals surface area contributed by atoms with Gasteiger partial charge in [-0.05, 0) is 32.4 Å². The van der Waals surface area contributed by atoms with E-state index in [9.17, 15) is 8.42 Å². The van der Waals surface area contributed by atoms with Gasteiger partial charge in [0.2, 0.25) is 10.0 Å². The van der Waals surface area contributed by atoms with Crippen LogP contribution in [0.25, 0.3) is 0 Å². The first-order valence-electron chi connectivity index (χ1n) is 6.83. The minimum absolute atomic E-state index is 0.241. The zero-order valence-electron chi connectivity index (χ0n) is 11.4. The van der Waals surface area contributed by atoms with Crippen LogP contribution in [0.2, 0.25) is 0 Å². The second-order valence-corrected chi connectivity index (χ2v) is 7.20. The first kappa shape index (κ1) is 16.2. The Hall–Kier alpha value is 0.160. The van der Waals surface area contributed by atoms with E-state index in [1.165, 1.54) is 0 Å². The van der Waals surface area contributed by atoms with Gasteiger partial charge >= 0.3 is 0 Å². The molecule has 0 aromatic carbocycles. The molecule has 1 aliphatic heterocycles. The summed E-state index contributed by atoms with van der Waals surface area (Å²) in [6, 6.07) is 0.391. The molecular formula is C12H25ClN2O2S. The van der Waals surface area contributed by atoms with Gasteiger partial charge in [-0.15, -0.1) is 11.6 Å². The smallest absolute Gasteiger partial charge is 0.214 e. The van der Waals surface area contributed by atoms with Gasteiger partial charge in [-0.2, -0.15) is 0 Å². The Kier molecular flexibility index (Phi) is 6.92. The van der Waals surface area contributed by atoms with Crippen molar-refractivity contribution in [3.05, 3.63) is 0 Å². The van der Waals surface area contributed by atoms with Crippen molar-refractivity contribution in [2.45, 2.75) is 39.2 Å². The standard InChI is InChI=1S/C12H25ClN2O2S/c1-3-14(4-2)12-7-9-15(11-12)18(16,17)10-6-5-8-13/h12H,3-11H2,1-2H3. The Labute approximate surface area is 116 Å². The minimum Gasteiger partial charge on any atom is -0.300 e. The summed E-state index contributed by atoms with van der Waals surface area (Å²) in [6.45, 7) is 7.56. The fourth-order valence-electron chi connectivity index (χ4n) is 2.51. The van der Waals surface area contributed by atoms with E-state index in [4.69, 9.17) is 11.6 Å². The summed E-state index contributed by atoms with van der Waals surface area (Å²) in [4.78, 5) is 2.34. The maximum absolute atomic E-state index is 12.1. The zero-order chi connectivity index (χ0) is 13.6. The molecular weight excluding hydrogens is 272 g/mol. The molecule has 1 unspecified atom stereocenters. The highest BCUT2D eigenvalue weighted by molar-refractivity contribution is 7.89. The van der Waals surface area contributed by atoms with Gasteiger partial charge in [-0.1, -0.05) is 13.8 Å². The number of sulfonamides is 1. The van der Waals surface area contributed by atoms with E-state index in [-0.39, 0.29) is 5.75 Å². The fourth-order valence-corrected chi connectivity index (χ4v) is 4.31. The van der Waals surface area contributed by atoms with E-state index >= 15 is 0 Å². The number of rotatable bonds is 8. The average molecular weight is 297 g/mol. The van der Waals surface area contributed by atoms with Gasteiger partial charge in [0, 0.05) is 25.0 Å². The normalized spacial score (nSPS) is 21.9. The molecule has 1 saturated heterocycles. The molecule has 0 radical (unpaired) electrons. The Morgan fingerprint density at radius 1 is 1.28 bits per heavy atom. The molecule has 0 aliphatic carbocycles. The van der Waals surface area contributed by atoms with E-state index in [1.54, 1.807) is 4.31 Å². The first-order valence-corrected chi connectivity index (χ1v) is 8.97. The van der Waals surface area contributed by atoms with Crippen LogP contribution in [-0.2, 0) is 10.0 Å². The van der Waals surface area contributed by atoms with Crippen molar-refractivity contribution in [1.29, 1.82) is 0 Å². The van der Waals surface area contributed by atoms with Crippen molar-refractivity contribution in [2.24, 2.45) is 0 Å². The summed E-state index contributed by atoms with van der Waals surface area (Å²) in [7, 11) is -3.07. The molecule has 0 amide bonds. The summed E-state index contributed by atoms with van der Waals surface area (Å²) >= 11 is 5.58. The van der Waals surface area contributed by atoms with Crippen molar-refractivity contribution in [3.63, 3.8) is 0 Å². The van der Waals surface area contributed by atoms with Crippen LogP contribution in [0.15, 0.2) is 0 Å². The lowest BCUT2D eigenvalue weighted by molar-refractivity contribution is 0.224. The lowest BCUT2D eigenvalue weighted by Crippen LogP contribution is -2.39. The summed E-state index contributed by atoms with van der Waals surface area (Å²) in [6.07, 6.45) is 2.39. The van der Waals surface area contributed by atoms with Crippen molar-refractivity contribution in [1.82, 2.24) is 9.21 Å². The monoisotopic (exact) mass is 296 g/mol. The van der Waals surface area contributed by atoms with E-state index in [2.05, 4.69) is 18.7 Å². The van der Waals surface area contributed by atoms with Crippen molar-refractivity contribution >= 4 is 21.6 Å². The summed E-state index contributed by atoms with van der Waals surface area (Å²) in [5.74, 6) is 0.780.